The number of thioether (sulfide) groups is 1. The van der Waals surface area contributed by atoms with Crippen LogP contribution in [0.5, 0.6) is 0 Å². The van der Waals surface area contributed by atoms with E-state index in [1.807, 2.05) is 31.2 Å². The van der Waals surface area contributed by atoms with Gasteiger partial charge in [0.2, 0.25) is 0 Å². The van der Waals surface area contributed by atoms with Gasteiger partial charge >= 0.3 is 6.03 Å². The molecule has 0 bridgehead atoms. The van der Waals surface area contributed by atoms with Crippen LogP contribution in [-0.2, 0) is 0 Å². The molecule has 1 aromatic carbocycles. The molecular formula is C15H19N3O2S. The summed E-state index contributed by atoms with van der Waals surface area (Å²) < 4.78 is 0. The summed E-state index contributed by atoms with van der Waals surface area (Å²) in [4.78, 5) is 15.1. The first kappa shape index (κ1) is 14.3. The predicted molar refractivity (Wildman–Crippen MR) is 86.9 cm³/mol. The number of carbonyl (C=O) groups is 1. The zero-order valence-electron chi connectivity index (χ0n) is 11.9. The van der Waals surface area contributed by atoms with E-state index in [2.05, 4.69) is 15.6 Å². The highest BCUT2D eigenvalue weighted by Crippen LogP contribution is 2.27. The van der Waals surface area contributed by atoms with Crippen molar-refractivity contribution >= 4 is 34.4 Å². The number of amides is 2. The van der Waals surface area contributed by atoms with Crippen molar-refractivity contribution < 1.29 is 9.90 Å². The quantitative estimate of drug-likeness (QED) is 0.703. The number of hydrogen-bond acceptors (Lipinski definition) is 3. The highest BCUT2D eigenvalue weighted by atomic mass is 32.2. The Bertz CT molecular complexity index is 662. The van der Waals surface area contributed by atoms with Crippen LogP contribution in [0.2, 0.25) is 0 Å². The summed E-state index contributed by atoms with van der Waals surface area (Å²) in [5.41, 5.74) is 2.12. The van der Waals surface area contributed by atoms with Crippen LogP contribution in [0, 0.1) is 6.92 Å². The molecule has 1 unspecified atom stereocenters. The van der Waals surface area contributed by atoms with Crippen LogP contribution < -0.4 is 10.6 Å². The van der Waals surface area contributed by atoms with Gasteiger partial charge in [-0.2, -0.15) is 11.8 Å². The minimum Gasteiger partial charge on any atom is -0.387 e. The van der Waals surface area contributed by atoms with E-state index in [-0.39, 0.29) is 12.6 Å². The molecule has 21 heavy (non-hydrogen) atoms. The monoisotopic (exact) mass is 305 g/mol. The number of aryl methyl sites for hydroxylation is 1. The third kappa shape index (κ3) is 3.33. The van der Waals surface area contributed by atoms with Gasteiger partial charge in [-0.3, -0.25) is 0 Å². The number of nitrogens with one attached hydrogen (secondary N) is 3. The number of benzene rings is 1. The van der Waals surface area contributed by atoms with Crippen molar-refractivity contribution in [1.82, 2.24) is 10.3 Å². The van der Waals surface area contributed by atoms with Crippen LogP contribution in [0.4, 0.5) is 10.5 Å². The van der Waals surface area contributed by atoms with E-state index in [4.69, 9.17) is 0 Å². The number of urea groups is 1. The molecule has 2 amide bonds. The Hall–Kier alpha value is -1.66. The fourth-order valence-electron chi connectivity index (χ4n) is 2.51. The molecule has 0 aliphatic carbocycles. The molecule has 1 aromatic heterocycles. The minimum absolute atomic E-state index is 0.285. The number of aromatic nitrogens is 1. The Labute approximate surface area is 127 Å². The van der Waals surface area contributed by atoms with Gasteiger partial charge in [0.15, 0.2) is 0 Å². The lowest BCUT2D eigenvalue weighted by molar-refractivity contribution is 0.0706. The Balaban J connectivity index is 1.60. The maximum Gasteiger partial charge on any atom is 0.319 e. The van der Waals surface area contributed by atoms with Crippen LogP contribution in [-0.4, -0.2) is 39.8 Å². The predicted octanol–water partition coefficient (Wildman–Crippen LogP) is 2.47. The Morgan fingerprint density at radius 1 is 1.48 bits per heavy atom. The van der Waals surface area contributed by atoms with Gasteiger partial charge in [0, 0.05) is 34.6 Å². The summed E-state index contributed by atoms with van der Waals surface area (Å²) >= 11 is 1.72. The van der Waals surface area contributed by atoms with Crippen LogP contribution in [0.25, 0.3) is 10.9 Å². The van der Waals surface area contributed by atoms with Crippen molar-refractivity contribution in [2.45, 2.75) is 18.9 Å². The molecule has 1 saturated heterocycles. The number of fused-ring (bicyclic) bond motifs is 1. The average Bonchev–Trinajstić information content (AvgIpc) is 3.02. The number of aromatic amines is 1. The first-order chi connectivity index (χ1) is 10.0. The van der Waals surface area contributed by atoms with Gasteiger partial charge in [-0.05, 0) is 43.4 Å². The number of anilines is 1. The molecule has 112 valence electrons. The van der Waals surface area contributed by atoms with E-state index in [1.54, 1.807) is 11.8 Å². The van der Waals surface area contributed by atoms with Crippen molar-refractivity contribution in [3.63, 3.8) is 0 Å². The Morgan fingerprint density at radius 3 is 3.10 bits per heavy atom. The second-order valence-electron chi connectivity index (χ2n) is 5.59. The number of H-pyrrole nitrogens is 1. The number of carbonyl (C=O) groups excluding carboxylic acids is 1. The molecule has 6 heteroatoms. The molecule has 5 nitrogen and oxygen atoms in total. The lowest BCUT2D eigenvalue weighted by atomic mass is 10.0. The van der Waals surface area contributed by atoms with Gasteiger partial charge in [-0.1, -0.05) is 0 Å². The topological polar surface area (TPSA) is 77.2 Å². The summed E-state index contributed by atoms with van der Waals surface area (Å²) in [5.74, 6) is 1.63. The summed E-state index contributed by atoms with van der Waals surface area (Å²) in [6.07, 6.45) is 0.729. The van der Waals surface area contributed by atoms with Gasteiger partial charge in [0.25, 0.3) is 0 Å². The molecule has 1 aliphatic heterocycles. The molecule has 1 fully saturated rings. The Morgan fingerprint density at radius 2 is 2.33 bits per heavy atom. The molecule has 0 saturated carbocycles. The van der Waals surface area contributed by atoms with Gasteiger partial charge in [-0.25, -0.2) is 4.79 Å². The van der Waals surface area contributed by atoms with Crippen LogP contribution >= 0.6 is 11.8 Å². The van der Waals surface area contributed by atoms with Gasteiger partial charge in [0.05, 0.1) is 5.60 Å². The Kier molecular flexibility index (Phi) is 3.82. The maximum atomic E-state index is 11.9. The van der Waals surface area contributed by atoms with Crippen LogP contribution in [0.1, 0.15) is 12.1 Å². The molecule has 2 heterocycles. The molecule has 1 atom stereocenters. The maximum absolute atomic E-state index is 11.9. The highest BCUT2D eigenvalue weighted by Gasteiger charge is 2.31. The van der Waals surface area contributed by atoms with Gasteiger partial charge < -0.3 is 20.7 Å². The third-order valence-corrected chi connectivity index (χ3v) is 4.91. The SMILES string of the molecule is Cc1cc2cc(NC(=O)NCC3(O)CCSC3)ccc2[nH]1. The van der Waals surface area contributed by atoms with Crippen molar-refractivity contribution in [2.24, 2.45) is 0 Å². The van der Waals surface area contributed by atoms with Crippen molar-refractivity contribution in [3.8, 4) is 0 Å². The number of aliphatic hydroxyl groups is 1. The van der Waals surface area contributed by atoms with Crippen molar-refractivity contribution in [1.29, 1.82) is 0 Å². The van der Waals surface area contributed by atoms with Gasteiger partial charge in [-0.15, -0.1) is 0 Å². The molecule has 4 N–H and O–H groups in total. The van der Waals surface area contributed by atoms with E-state index in [1.165, 1.54) is 0 Å². The first-order valence-electron chi connectivity index (χ1n) is 6.98. The van der Waals surface area contributed by atoms with E-state index >= 15 is 0 Å². The molecular weight excluding hydrogens is 286 g/mol. The zero-order valence-corrected chi connectivity index (χ0v) is 12.7. The summed E-state index contributed by atoms with van der Waals surface area (Å²) in [6, 6.07) is 7.49. The fourth-order valence-corrected chi connectivity index (χ4v) is 3.81. The first-order valence-corrected chi connectivity index (χ1v) is 8.14. The van der Waals surface area contributed by atoms with Crippen LogP contribution in [0.3, 0.4) is 0 Å². The summed E-state index contributed by atoms with van der Waals surface area (Å²) in [6.45, 7) is 2.29. The molecule has 2 aromatic rings. The second-order valence-corrected chi connectivity index (χ2v) is 6.69. The van der Waals surface area contributed by atoms with E-state index in [0.717, 1.165) is 34.5 Å². The lowest BCUT2D eigenvalue weighted by Crippen LogP contribution is -2.44. The number of hydrogen-bond donors (Lipinski definition) is 4. The second kappa shape index (κ2) is 5.61. The normalized spacial score (nSPS) is 21.6. The summed E-state index contributed by atoms with van der Waals surface area (Å²) in [5, 5.41) is 16.8. The van der Waals surface area contributed by atoms with Gasteiger partial charge in [0.1, 0.15) is 0 Å². The van der Waals surface area contributed by atoms with E-state index < -0.39 is 5.60 Å². The highest BCUT2D eigenvalue weighted by molar-refractivity contribution is 7.99. The standard InChI is InChI=1S/C15H19N3O2S/c1-10-6-11-7-12(2-3-13(11)17-10)18-14(19)16-8-15(20)4-5-21-9-15/h2-3,6-7,17,20H,4-5,8-9H2,1H3,(H2,16,18,19). The van der Waals surface area contributed by atoms with Crippen molar-refractivity contribution in [2.75, 3.05) is 23.4 Å². The van der Waals surface area contributed by atoms with Crippen LogP contribution in [0.15, 0.2) is 24.3 Å². The molecule has 0 spiro atoms. The molecule has 3 rings (SSSR count). The molecule has 1 aliphatic rings. The van der Waals surface area contributed by atoms with E-state index in [0.29, 0.717) is 5.75 Å². The van der Waals surface area contributed by atoms with E-state index in [9.17, 15) is 9.90 Å². The number of rotatable bonds is 3. The average molecular weight is 305 g/mol. The lowest BCUT2D eigenvalue weighted by Gasteiger charge is -2.21. The summed E-state index contributed by atoms with van der Waals surface area (Å²) in [7, 11) is 0. The van der Waals surface area contributed by atoms with Crippen molar-refractivity contribution in [3.05, 3.63) is 30.0 Å². The largest absolute Gasteiger partial charge is 0.387 e. The third-order valence-electron chi connectivity index (χ3n) is 3.67. The molecule has 0 radical (unpaired) electrons. The zero-order chi connectivity index (χ0) is 14.9. The minimum atomic E-state index is -0.760. The fraction of sp³-hybridized carbons (Fsp3) is 0.400. The smallest absolute Gasteiger partial charge is 0.319 e.